The van der Waals surface area contributed by atoms with E-state index >= 15 is 0 Å². The number of amides is 2. The van der Waals surface area contributed by atoms with Crippen molar-refractivity contribution in [2.45, 2.75) is 30.8 Å². The van der Waals surface area contributed by atoms with Gasteiger partial charge in [-0.2, -0.15) is 0 Å². The van der Waals surface area contributed by atoms with Crippen LogP contribution in [0.1, 0.15) is 29.9 Å². The van der Waals surface area contributed by atoms with Gasteiger partial charge < -0.3 is 24.8 Å². The minimum absolute atomic E-state index is 0.00461. The third-order valence-electron chi connectivity index (χ3n) is 6.20. The number of nitrogens with zero attached hydrogens (tertiary/aromatic N) is 1. The lowest BCUT2D eigenvalue weighted by molar-refractivity contribution is -0.143. The van der Waals surface area contributed by atoms with Crippen molar-refractivity contribution in [3.05, 3.63) is 59.7 Å². The highest BCUT2D eigenvalue weighted by Crippen LogP contribution is 2.44. The number of carbonyl (C=O) groups excluding carboxylic acids is 2. The molecule has 1 aliphatic heterocycles. The van der Waals surface area contributed by atoms with Crippen molar-refractivity contribution in [3.8, 4) is 23.5 Å². The Morgan fingerprint density at radius 2 is 1.79 bits per heavy atom. The molecule has 2 aromatic carbocycles. The smallest absolute Gasteiger partial charge is 0.407 e. The van der Waals surface area contributed by atoms with Gasteiger partial charge in [-0.3, -0.25) is 9.59 Å². The summed E-state index contributed by atoms with van der Waals surface area (Å²) in [5.74, 6) is 0.487. The van der Waals surface area contributed by atoms with Crippen molar-refractivity contribution in [2.24, 2.45) is 0 Å². The number of terminal acetylenes is 1. The molecule has 8 nitrogen and oxygen atoms in total. The van der Waals surface area contributed by atoms with Gasteiger partial charge in [0.2, 0.25) is 5.91 Å². The van der Waals surface area contributed by atoms with Gasteiger partial charge in [0.05, 0.1) is 25.6 Å². The minimum atomic E-state index is -1.30. The van der Waals surface area contributed by atoms with Gasteiger partial charge in [0.1, 0.15) is 12.6 Å². The van der Waals surface area contributed by atoms with Gasteiger partial charge >= 0.3 is 12.1 Å². The number of hydrogen-bond acceptors (Lipinski definition) is 5. The van der Waals surface area contributed by atoms with Crippen LogP contribution in [0.5, 0.6) is 0 Å². The van der Waals surface area contributed by atoms with Crippen LogP contribution in [0.2, 0.25) is 0 Å². The standard InChI is InChI=1S/C26H26N2O6/c1-2-12-28(17-11-13-33-15-17)25(31)23(14-24(29)30)27-26(32)34-16-22-20-9-5-3-7-18(20)19-8-4-6-10-21(19)22/h1,3-10,17,22-23H,11-16H2,(H,27,32)(H,29,30). The Bertz CT molecular complexity index is 1070. The van der Waals surface area contributed by atoms with Gasteiger partial charge in [-0.15, -0.1) is 6.42 Å². The number of carboxylic acid groups (broad SMARTS) is 1. The predicted molar refractivity (Wildman–Crippen MR) is 124 cm³/mol. The van der Waals surface area contributed by atoms with Crippen LogP contribution in [-0.4, -0.2) is 66.4 Å². The number of fused-ring (bicyclic) bond motifs is 3. The number of rotatable bonds is 8. The van der Waals surface area contributed by atoms with Gasteiger partial charge in [-0.25, -0.2) is 4.79 Å². The molecule has 0 saturated carbocycles. The number of aliphatic carboxylic acids is 1. The second kappa shape index (κ2) is 10.4. The Labute approximate surface area is 197 Å². The van der Waals surface area contributed by atoms with Crippen LogP contribution < -0.4 is 5.32 Å². The van der Waals surface area contributed by atoms with Crippen molar-refractivity contribution in [1.82, 2.24) is 10.2 Å². The monoisotopic (exact) mass is 462 g/mol. The average Bonchev–Trinajstić information content (AvgIpc) is 3.47. The van der Waals surface area contributed by atoms with E-state index in [1.165, 1.54) is 4.90 Å². The molecule has 0 bridgehead atoms. The number of nitrogens with one attached hydrogen (secondary N) is 1. The van der Waals surface area contributed by atoms with E-state index in [9.17, 15) is 19.5 Å². The van der Waals surface area contributed by atoms with Crippen molar-refractivity contribution < 1.29 is 29.0 Å². The fourth-order valence-electron chi connectivity index (χ4n) is 4.61. The minimum Gasteiger partial charge on any atom is -0.481 e. The first kappa shape index (κ1) is 23.3. The molecule has 0 spiro atoms. The zero-order valence-corrected chi connectivity index (χ0v) is 18.6. The van der Waals surface area contributed by atoms with E-state index in [0.717, 1.165) is 22.3 Å². The molecule has 2 amide bonds. The summed E-state index contributed by atoms with van der Waals surface area (Å²) in [5.41, 5.74) is 4.29. The molecule has 8 heteroatoms. The maximum atomic E-state index is 13.1. The van der Waals surface area contributed by atoms with Crippen LogP contribution >= 0.6 is 0 Å². The second-order valence-corrected chi connectivity index (χ2v) is 8.31. The van der Waals surface area contributed by atoms with Gasteiger partial charge in [0, 0.05) is 12.5 Å². The van der Waals surface area contributed by atoms with Crippen LogP contribution in [-0.2, 0) is 19.1 Å². The fraction of sp³-hybridized carbons (Fsp3) is 0.346. The lowest BCUT2D eigenvalue weighted by atomic mass is 9.98. The van der Waals surface area contributed by atoms with E-state index in [0.29, 0.717) is 19.6 Å². The Kier molecular flexibility index (Phi) is 7.14. The average molecular weight is 463 g/mol. The number of benzene rings is 2. The van der Waals surface area contributed by atoms with E-state index < -0.39 is 30.4 Å². The largest absolute Gasteiger partial charge is 0.481 e. The maximum Gasteiger partial charge on any atom is 0.407 e. The van der Waals surface area contributed by atoms with Crippen LogP contribution in [0, 0.1) is 12.3 Å². The fourth-order valence-corrected chi connectivity index (χ4v) is 4.61. The molecule has 1 aliphatic carbocycles. The molecular formula is C26H26N2O6. The summed E-state index contributed by atoms with van der Waals surface area (Å²) in [6.45, 7) is 0.855. The molecule has 1 fully saturated rings. The van der Waals surface area contributed by atoms with Gasteiger partial charge in [0.15, 0.2) is 0 Å². The molecule has 0 radical (unpaired) electrons. The normalized spacial score (nSPS) is 17.2. The molecular weight excluding hydrogens is 436 g/mol. The molecule has 4 rings (SSSR count). The third kappa shape index (κ3) is 4.90. The second-order valence-electron chi connectivity index (χ2n) is 8.31. The van der Waals surface area contributed by atoms with E-state index in [1.807, 2.05) is 48.5 Å². The summed E-state index contributed by atoms with van der Waals surface area (Å²) < 4.78 is 10.8. The van der Waals surface area contributed by atoms with E-state index in [1.54, 1.807) is 0 Å². The summed E-state index contributed by atoms with van der Waals surface area (Å²) in [4.78, 5) is 38.6. The van der Waals surface area contributed by atoms with E-state index in [4.69, 9.17) is 15.9 Å². The number of carbonyl (C=O) groups is 3. The molecule has 34 heavy (non-hydrogen) atoms. The molecule has 2 atom stereocenters. The lowest BCUT2D eigenvalue weighted by Crippen LogP contribution is -2.53. The molecule has 1 saturated heterocycles. The molecule has 176 valence electrons. The summed E-state index contributed by atoms with van der Waals surface area (Å²) in [6, 6.07) is 14.3. The zero-order chi connectivity index (χ0) is 24.1. The molecule has 2 unspecified atom stereocenters. The SMILES string of the molecule is C#CCN(C(=O)C(CC(=O)O)NC(=O)OCC1c2ccccc2-c2ccccc21)C1CCOC1. The predicted octanol–water partition coefficient (Wildman–Crippen LogP) is 2.62. The Balaban J connectivity index is 1.45. The van der Waals surface area contributed by atoms with Gasteiger partial charge in [-0.1, -0.05) is 54.5 Å². The van der Waals surface area contributed by atoms with Crippen LogP contribution in [0.4, 0.5) is 4.79 Å². The van der Waals surface area contributed by atoms with Crippen molar-refractivity contribution in [1.29, 1.82) is 0 Å². The Morgan fingerprint density at radius 3 is 2.35 bits per heavy atom. The summed E-state index contributed by atoms with van der Waals surface area (Å²) >= 11 is 0. The highest BCUT2D eigenvalue weighted by molar-refractivity contribution is 5.89. The van der Waals surface area contributed by atoms with E-state index in [-0.39, 0.29) is 25.1 Å². The summed E-state index contributed by atoms with van der Waals surface area (Å²) in [6.07, 6.45) is 4.57. The first-order valence-electron chi connectivity index (χ1n) is 11.1. The quantitative estimate of drug-likeness (QED) is 0.585. The molecule has 0 aromatic heterocycles. The molecule has 2 N–H and O–H groups in total. The number of alkyl carbamates (subject to hydrolysis) is 1. The van der Waals surface area contributed by atoms with Crippen molar-refractivity contribution in [2.75, 3.05) is 26.4 Å². The highest BCUT2D eigenvalue weighted by atomic mass is 16.5. The van der Waals surface area contributed by atoms with Crippen LogP contribution in [0.3, 0.4) is 0 Å². The van der Waals surface area contributed by atoms with Crippen LogP contribution in [0.15, 0.2) is 48.5 Å². The highest BCUT2D eigenvalue weighted by Gasteiger charge is 2.34. The number of carboxylic acids is 1. The first-order valence-corrected chi connectivity index (χ1v) is 11.1. The summed E-state index contributed by atoms with van der Waals surface area (Å²) in [5, 5.41) is 11.8. The topological polar surface area (TPSA) is 105 Å². The van der Waals surface area contributed by atoms with Crippen molar-refractivity contribution in [3.63, 3.8) is 0 Å². The first-order chi connectivity index (χ1) is 16.5. The van der Waals surface area contributed by atoms with Crippen molar-refractivity contribution >= 4 is 18.0 Å². The van der Waals surface area contributed by atoms with Gasteiger partial charge in [0.25, 0.3) is 0 Å². The number of hydrogen-bond donors (Lipinski definition) is 2. The Morgan fingerprint density at radius 1 is 1.15 bits per heavy atom. The molecule has 2 aliphatic rings. The third-order valence-corrected chi connectivity index (χ3v) is 6.20. The summed E-state index contributed by atoms with van der Waals surface area (Å²) in [7, 11) is 0. The lowest BCUT2D eigenvalue weighted by Gasteiger charge is -2.29. The molecule has 1 heterocycles. The van der Waals surface area contributed by atoms with Crippen LogP contribution in [0.25, 0.3) is 11.1 Å². The van der Waals surface area contributed by atoms with Gasteiger partial charge in [-0.05, 0) is 28.7 Å². The molecule has 2 aromatic rings. The zero-order valence-electron chi connectivity index (χ0n) is 18.6. The maximum absolute atomic E-state index is 13.1. The number of ether oxygens (including phenoxy) is 2. The Hall–Kier alpha value is -3.83. The van der Waals surface area contributed by atoms with E-state index in [2.05, 4.69) is 11.2 Å².